The van der Waals surface area contributed by atoms with Gasteiger partial charge < -0.3 is 0 Å². The molecule has 4 heteroatoms. The molecule has 4 nitrogen and oxygen atoms in total. The lowest BCUT2D eigenvalue weighted by Gasteiger charge is -2.21. The van der Waals surface area contributed by atoms with Crippen LogP contribution < -0.4 is 5.56 Å². The van der Waals surface area contributed by atoms with Gasteiger partial charge in [0.25, 0.3) is 5.56 Å². The van der Waals surface area contributed by atoms with Crippen LogP contribution in [0.2, 0.25) is 0 Å². The molecule has 0 atom stereocenters. The predicted octanol–water partition coefficient (Wildman–Crippen LogP) is 3.60. The molecule has 0 saturated heterocycles. The van der Waals surface area contributed by atoms with Gasteiger partial charge in [-0.05, 0) is 48.3 Å². The van der Waals surface area contributed by atoms with E-state index in [0.29, 0.717) is 23.0 Å². The van der Waals surface area contributed by atoms with Crippen molar-refractivity contribution in [3.8, 4) is 6.07 Å². The third-order valence-corrected chi connectivity index (χ3v) is 4.34. The molecule has 1 aromatic heterocycles. The Morgan fingerprint density at radius 2 is 2.00 bits per heavy atom. The molecule has 1 aliphatic rings. The Balaban J connectivity index is 1.94. The molecule has 4 rings (SSSR count). The van der Waals surface area contributed by atoms with Crippen molar-refractivity contribution in [1.82, 2.24) is 9.55 Å². The summed E-state index contributed by atoms with van der Waals surface area (Å²) in [5, 5.41) is 9.56. The summed E-state index contributed by atoms with van der Waals surface area (Å²) in [4.78, 5) is 17.5. The lowest BCUT2D eigenvalue weighted by atomic mass is 10.0. The van der Waals surface area contributed by atoms with Gasteiger partial charge in [-0.15, -0.1) is 0 Å². The molecule has 0 amide bonds. The van der Waals surface area contributed by atoms with Crippen LogP contribution in [0, 0.1) is 11.3 Å². The van der Waals surface area contributed by atoms with E-state index in [1.54, 1.807) is 22.8 Å². The molecule has 2 heterocycles. The average Bonchev–Trinajstić information content (AvgIpc) is 2.63. The van der Waals surface area contributed by atoms with Crippen molar-refractivity contribution in [2.75, 3.05) is 0 Å². The fourth-order valence-corrected chi connectivity index (χ4v) is 3.17. The van der Waals surface area contributed by atoms with Crippen molar-refractivity contribution in [3.05, 3.63) is 75.8 Å². The first-order chi connectivity index (χ1) is 11.8. The Bertz CT molecular complexity index is 1060. The van der Waals surface area contributed by atoms with E-state index in [-0.39, 0.29) is 5.56 Å². The van der Waals surface area contributed by atoms with Gasteiger partial charge in [-0.1, -0.05) is 30.3 Å². The van der Waals surface area contributed by atoms with Crippen LogP contribution in [0.15, 0.2) is 53.3 Å². The number of aromatic nitrogens is 2. The molecule has 0 spiro atoms. The first-order valence-corrected chi connectivity index (χ1v) is 7.97. The Labute approximate surface area is 139 Å². The van der Waals surface area contributed by atoms with Crippen LogP contribution in [0.5, 0.6) is 0 Å². The van der Waals surface area contributed by atoms with Crippen molar-refractivity contribution in [3.63, 3.8) is 0 Å². The molecule has 0 bridgehead atoms. The third-order valence-electron chi connectivity index (χ3n) is 4.34. The summed E-state index contributed by atoms with van der Waals surface area (Å²) in [6.07, 6.45) is 3.92. The van der Waals surface area contributed by atoms with Gasteiger partial charge in [-0.2, -0.15) is 5.26 Å². The highest BCUT2D eigenvalue weighted by Gasteiger charge is 2.19. The first-order valence-electron chi connectivity index (χ1n) is 7.97. The van der Waals surface area contributed by atoms with Crippen LogP contribution in [-0.2, 0) is 6.54 Å². The summed E-state index contributed by atoms with van der Waals surface area (Å²) in [6, 6.07) is 17.2. The van der Waals surface area contributed by atoms with Crippen molar-refractivity contribution >= 4 is 22.6 Å². The number of allylic oxidation sites excluding steroid dienone is 1. The summed E-state index contributed by atoms with van der Waals surface area (Å²) >= 11 is 0. The zero-order chi connectivity index (χ0) is 16.5. The van der Waals surface area contributed by atoms with Crippen molar-refractivity contribution in [2.45, 2.75) is 19.4 Å². The summed E-state index contributed by atoms with van der Waals surface area (Å²) in [6.45, 7) is 0.667. The zero-order valence-electron chi connectivity index (χ0n) is 13.1. The van der Waals surface area contributed by atoms with Crippen molar-refractivity contribution < 1.29 is 0 Å². The molecule has 0 N–H and O–H groups in total. The third kappa shape index (κ3) is 2.40. The van der Waals surface area contributed by atoms with Crippen LogP contribution in [-0.4, -0.2) is 9.55 Å². The number of rotatable bonds is 1. The van der Waals surface area contributed by atoms with Gasteiger partial charge in [0.15, 0.2) is 0 Å². The lowest BCUT2D eigenvalue weighted by molar-refractivity contribution is 0.587. The average molecular weight is 313 g/mol. The molecular weight excluding hydrogens is 298 g/mol. The zero-order valence-corrected chi connectivity index (χ0v) is 13.1. The molecule has 0 unspecified atom stereocenters. The Kier molecular flexibility index (Phi) is 3.47. The van der Waals surface area contributed by atoms with E-state index in [1.807, 2.05) is 30.3 Å². The fraction of sp³-hybridized carbons (Fsp3) is 0.150. The molecule has 0 aliphatic carbocycles. The number of nitrogens with zero attached hydrogens (tertiary/aromatic N) is 3. The topological polar surface area (TPSA) is 58.7 Å². The number of fused-ring (bicyclic) bond motifs is 2. The minimum Gasteiger partial charge on any atom is -0.292 e. The van der Waals surface area contributed by atoms with Gasteiger partial charge in [0, 0.05) is 6.54 Å². The van der Waals surface area contributed by atoms with Crippen LogP contribution >= 0.6 is 0 Å². The van der Waals surface area contributed by atoms with Gasteiger partial charge in [0.1, 0.15) is 5.82 Å². The fourth-order valence-electron chi connectivity index (χ4n) is 3.17. The van der Waals surface area contributed by atoms with Gasteiger partial charge in [-0.3, -0.25) is 9.36 Å². The summed E-state index contributed by atoms with van der Waals surface area (Å²) in [5.41, 5.74) is 3.25. The quantitative estimate of drug-likeness (QED) is 0.689. The molecule has 2 aromatic carbocycles. The van der Waals surface area contributed by atoms with E-state index in [2.05, 4.69) is 12.1 Å². The highest BCUT2D eigenvalue weighted by molar-refractivity contribution is 5.84. The maximum absolute atomic E-state index is 12.8. The van der Waals surface area contributed by atoms with E-state index in [4.69, 9.17) is 10.2 Å². The van der Waals surface area contributed by atoms with E-state index in [9.17, 15) is 4.79 Å². The molecular formula is C20H15N3O. The lowest BCUT2D eigenvalue weighted by Crippen LogP contribution is -2.27. The SMILES string of the molecule is N#Cc1ccc2nc3n(c(=O)c2c1)CCCC3=Cc1ccccc1. The van der Waals surface area contributed by atoms with E-state index in [0.717, 1.165) is 29.8 Å². The van der Waals surface area contributed by atoms with Crippen LogP contribution in [0.4, 0.5) is 0 Å². The van der Waals surface area contributed by atoms with Gasteiger partial charge in [0.2, 0.25) is 0 Å². The maximum atomic E-state index is 12.8. The summed E-state index contributed by atoms with van der Waals surface area (Å²) in [5.74, 6) is 0.743. The molecule has 116 valence electrons. The normalized spacial score (nSPS) is 15.2. The van der Waals surface area contributed by atoms with Crippen molar-refractivity contribution in [1.29, 1.82) is 5.26 Å². The molecule has 24 heavy (non-hydrogen) atoms. The smallest absolute Gasteiger partial charge is 0.261 e. The molecule has 0 fully saturated rings. The summed E-state index contributed by atoms with van der Waals surface area (Å²) in [7, 11) is 0. The Morgan fingerprint density at radius 1 is 1.17 bits per heavy atom. The van der Waals surface area contributed by atoms with Gasteiger partial charge in [-0.25, -0.2) is 4.98 Å². The minimum atomic E-state index is -0.0641. The van der Waals surface area contributed by atoms with Crippen LogP contribution in [0.1, 0.15) is 29.8 Å². The molecule has 3 aromatic rings. The predicted molar refractivity (Wildman–Crippen MR) is 94.3 cm³/mol. The monoisotopic (exact) mass is 313 g/mol. The maximum Gasteiger partial charge on any atom is 0.261 e. The first kappa shape index (κ1) is 14.4. The molecule has 0 saturated carbocycles. The minimum absolute atomic E-state index is 0.0641. The second-order valence-corrected chi connectivity index (χ2v) is 5.92. The molecule has 0 radical (unpaired) electrons. The number of benzene rings is 2. The second-order valence-electron chi connectivity index (χ2n) is 5.92. The Hall–Kier alpha value is -3.19. The number of hydrogen-bond donors (Lipinski definition) is 0. The molecule has 1 aliphatic heterocycles. The Morgan fingerprint density at radius 3 is 2.79 bits per heavy atom. The highest BCUT2D eigenvalue weighted by Crippen LogP contribution is 2.27. The van der Waals surface area contributed by atoms with Crippen molar-refractivity contribution in [2.24, 2.45) is 0 Å². The second kappa shape index (κ2) is 5.78. The van der Waals surface area contributed by atoms with Gasteiger partial charge >= 0.3 is 0 Å². The van der Waals surface area contributed by atoms with E-state index >= 15 is 0 Å². The number of hydrogen-bond acceptors (Lipinski definition) is 3. The largest absolute Gasteiger partial charge is 0.292 e. The standard InChI is InChI=1S/C20H15N3O/c21-13-15-8-9-18-17(12-15)20(24)23-10-4-7-16(19(23)22-18)11-14-5-2-1-3-6-14/h1-3,5-6,8-9,11-12H,4,7,10H2. The van der Waals surface area contributed by atoms with Crippen LogP contribution in [0.3, 0.4) is 0 Å². The van der Waals surface area contributed by atoms with Crippen LogP contribution in [0.25, 0.3) is 22.6 Å². The van der Waals surface area contributed by atoms with E-state index in [1.165, 1.54) is 0 Å². The van der Waals surface area contributed by atoms with E-state index < -0.39 is 0 Å². The summed E-state index contributed by atoms with van der Waals surface area (Å²) < 4.78 is 1.74. The number of nitriles is 1. The van der Waals surface area contributed by atoms with Gasteiger partial charge in [0.05, 0.1) is 22.5 Å². The highest BCUT2D eigenvalue weighted by atomic mass is 16.1.